The van der Waals surface area contributed by atoms with Gasteiger partial charge in [-0.3, -0.25) is 4.79 Å². The van der Waals surface area contributed by atoms with E-state index in [0.717, 1.165) is 38.5 Å². The second-order valence-electron chi connectivity index (χ2n) is 18.6. The Balaban J connectivity index is 3.65. The maximum Gasteiger partial charge on any atom is 0.249 e. The summed E-state index contributed by atoms with van der Waals surface area (Å²) in [5.74, 6) is -0.596. The molecule has 0 aliphatic heterocycles. The minimum absolute atomic E-state index is 0.361. The molecule has 5 N–H and O–H groups in total. The van der Waals surface area contributed by atoms with Crippen molar-refractivity contribution in [3.8, 4) is 0 Å². The van der Waals surface area contributed by atoms with Gasteiger partial charge in [0, 0.05) is 0 Å². The molecule has 0 saturated carbocycles. The summed E-state index contributed by atoms with van der Waals surface area (Å²) in [7, 11) is 0. The average Bonchev–Trinajstić information content (AvgIpc) is 3.26. The Morgan fingerprint density at radius 2 is 0.689 bits per heavy atom. The van der Waals surface area contributed by atoms with E-state index in [2.05, 4.69) is 55.6 Å². The van der Waals surface area contributed by atoms with Crippen molar-refractivity contribution in [2.45, 2.75) is 301 Å². The Hall–Kier alpha value is -1.47. The van der Waals surface area contributed by atoms with E-state index in [-0.39, 0.29) is 0 Å². The van der Waals surface area contributed by atoms with Crippen LogP contribution >= 0.6 is 0 Å². The molecular formula is C55H105NO5. The number of aliphatic hydroxyl groups excluding tert-OH is 4. The van der Waals surface area contributed by atoms with Crippen LogP contribution in [0.3, 0.4) is 0 Å². The third kappa shape index (κ3) is 43.6. The van der Waals surface area contributed by atoms with Crippen molar-refractivity contribution in [3.05, 3.63) is 36.5 Å². The van der Waals surface area contributed by atoms with Gasteiger partial charge >= 0.3 is 0 Å². The SMILES string of the molecule is CCCCCCCCC/C=C/CC/C=C/CCCC(O)C(O)C(CO)NC(=O)C(O)CCCCCCCCCCCCCCC/C=C\CCCCCCCCCCCCCC. The van der Waals surface area contributed by atoms with Gasteiger partial charge in [0.05, 0.1) is 18.8 Å². The van der Waals surface area contributed by atoms with E-state index in [1.54, 1.807) is 0 Å². The van der Waals surface area contributed by atoms with Crippen LogP contribution in [0.15, 0.2) is 36.5 Å². The van der Waals surface area contributed by atoms with E-state index in [1.807, 2.05) is 0 Å². The minimum Gasteiger partial charge on any atom is -0.394 e. The van der Waals surface area contributed by atoms with Crippen LogP contribution in [0.5, 0.6) is 0 Å². The Morgan fingerprint density at radius 3 is 1.03 bits per heavy atom. The monoisotopic (exact) mass is 860 g/mol. The van der Waals surface area contributed by atoms with Crippen molar-refractivity contribution in [2.75, 3.05) is 6.61 Å². The molecule has 0 aliphatic carbocycles. The highest BCUT2D eigenvalue weighted by atomic mass is 16.3. The summed E-state index contributed by atoms with van der Waals surface area (Å²) in [5.41, 5.74) is 0. The Morgan fingerprint density at radius 1 is 0.393 bits per heavy atom. The molecule has 4 atom stereocenters. The molecular weight excluding hydrogens is 755 g/mol. The number of hydrogen-bond acceptors (Lipinski definition) is 5. The molecule has 61 heavy (non-hydrogen) atoms. The lowest BCUT2D eigenvalue weighted by atomic mass is 10.00. The Bertz CT molecular complexity index is 966. The molecule has 6 nitrogen and oxygen atoms in total. The highest BCUT2D eigenvalue weighted by Gasteiger charge is 2.28. The molecule has 1 amide bonds. The second-order valence-corrected chi connectivity index (χ2v) is 18.6. The zero-order chi connectivity index (χ0) is 44.5. The van der Waals surface area contributed by atoms with E-state index in [0.29, 0.717) is 19.3 Å². The van der Waals surface area contributed by atoms with Gasteiger partial charge in [0.15, 0.2) is 0 Å². The number of unbranched alkanes of at least 4 members (excludes halogenated alkanes) is 34. The summed E-state index contributed by atoms with van der Waals surface area (Å²) in [6, 6.07) is -1.01. The van der Waals surface area contributed by atoms with Gasteiger partial charge in [0.1, 0.15) is 12.2 Å². The van der Waals surface area contributed by atoms with Crippen LogP contribution in [-0.2, 0) is 4.79 Å². The number of rotatable bonds is 49. The van der Waals surface area contributed by atoms with Gasteiger partial charge in [-0.05, 0) is 77.0 Å². The maximum atomic E-state index is 12.6. The molecule has 0 aromatic carbocycles. The third-order valence-corrected chi connectivity index (χ3v) is 12.6. The molecule has 0 spiro atoms. The zero-order valence-electron chi connectivity index (χ0n) is 40.7. The van der Waals surface area contributed by atoms with Crippen LogP contribution in [-0.4, -0.2) is 57.3 Å². The molecule has 0 aromatic rings. The van der Waals surface area contributed by atoms with Crippen molar-refractivity contribution in [1.29, 1.82) is 0 Å². The van der Waals surface area contributed by atoms with Crippen LogP contribution in [0.2, 0.25) is 0 Å². The number of carbonyl (C=O) groups excluding carboxylic acids is 1. The number of nitrogens with one attached hydrogen (secondary N) is 1. The van der Waals surface area contributed by atoms with Gasteiger partial charge in [-0.15, -0.1) is 0 Å². The number of allylic oxidation sites excluding steroid dienone is 6. The lowest BCUT2D eigenvalue weighted by molar-refractivity contribution is -0.132. The van der Waals surface area contributed by atoms with Crippen molar-refractivity contribution in [1.82, 2.24) is 5.32 Å². The van der Waals surface area contributed by atoms with Crippen molar-refractivity contribution >= 4 is 5.91 Å². The summed E-state index contributed by atoms with van der Waals surface area (Å²) in [4.78, 5) is 12.6. The predicted molar refractivity (Wildman–Crippen MR) is 265 cm³/mol. The zero-order valence-corrected chi connectivity index (χ0v) is 40.7. The molecule has 6 heteroatoms. The lowest BCUT2D eigenvalue weighted by Crippen LogP contribution is -2.53. The first kappa shape index (κ1) is 59.5. The van der Waals surface area contributed by atoms with Crippen LogP contribution in [0.1, 0.15) is 277 Å². The third-order valence-electron chi connectivity index (χ3n) is 12.6. The standard InChI is InChI=1S/C55H105NO5/c1-3-5-7-9-11-13-15-17-19-21-22-23-24-25-26-27-28-29-30-31-32-33-35-37-39-41-43-45-47-49-53(59)55(61)56-51(50-57)54(60)52(58)48-46-44-42-40-38-36-34-20-18-16-14-12-10-8-6-4-2/h20,25-26,34,40,42,51-54,57-60H,3-19,21-24,27-33,35-39,41,43-50H2,1-2H3,(H,56,61)/b26-25-,34-20+,42-40+. The molecule has 0 fully saturated rings. The van der Waals surface area contributed by atoms with Crippen LogP contribution in [0, 0.1) is 0 Å². The van der Waals surface area contributed by atoms with Crippen LogP contribution in [0.4, 0.5) is 0 Å². The molecule has 0 rings (SSSR count). The second kappa shape index (κ2) is 49.5. The molecule has 0 radical (unpaired) electrons. The van der Waals surface area contributed by atoms with Gasteiger partial charge in [-0.1, -0.05) is 237 Å². The van der Waals surface area contributed by atoms with Gasteiger partial charge in [-0.25, -0.2) is 0 Å². The number of hydrogen-bond donors (Lipinski definition) is 5. The van der Waals surface area contributed by atoms with Gasteiger partial charge < -0.3 is 25.7 Å². The molecule has 0 aromatic heterocycles. The summed E-state index contributed by atoms with van der Waals surface area (Å²) >= 11 is 0. The van der Waals surface area contributed by atoms with E-state index in [4.69, 9.17) is 0 Å². The van der Waals surface area contributed by atoms with E-state index >= 15 is 0 Å². The van der Waals surface area contributed by atoms with Crippen LogP contribution in [0.25, 0.3) is 0 Å². The van der Waals surface area contributed by atoms with Gasteiger partial charge in [0.25, 0.3) is 0 Å². The maximum absolute atomic E-state index is 12.6. The summed E-state index contributed by atoms with van der Waals surface area (Å²) in [5, 5.41) is 43.8. The smallest absolute Gasteiger partial charge is 0.249 e. The first-order valence-electron chi connectivity index (χ1n) is 26.9. The first-order chi connectivity index (χ1) is 30.0. The number of carbonyl (C=O) groups is 1. The highest BCUT2D eigenvalue weighted by molar-refractivity contribution is 5.80. The minimum atomic E-state index is -1.29. The highest BCUT2D eigenvalue weighted by Crippen LogP contribution is 2.17. The molecule has 0 aliphatic rings. The van der Waals surface area contributed by atoms with Crippen molar-refractivity contribution < 1.29 is 25.2 Å². The van der Waals surface area contributed by atoms with E-state index in [1.165, 1.54) is 205 Å². The molecule has 360 valence electrons. The number of amides is 1. The summed E-state index contributed by atoms with van der Waals surface area (Å²) in [6.45, 7) is 4.05. The molecule has 0 saturated heterocycles. The lowest BCUT2D eigenvalue weighted by Gasteiger charge is -2.27. The fourth-order valence-electron chi connectivity index (χ4n) is 8.30. The van der Waals surface area contributed by atoms with E-state index in [9.17, 15) is 25.2 Å². The average molecular weight is 860 g/mol. The molecule has 0 bridgehead atoms. The molecule has 0 heterocycles. The number of aliphatic hydroxyl groups is 4. The summed E-state index contributed by atoms with van der Waals surface area (Å²) < 4.78 is 0. The fourth-order valence-corrected chi connectivity index (χ4v) is 8.30. The van der Waals surface area contributed by atoms with Gasteiger partial charge in [0.2, 0.25) is 5.91 Å². The normalized spacial score (nSPS) is 14.1. The Labute approximate surface area is 379 Å². The first-order valence-corrected chi connectivity index (χ1v) is 26.9. The largest absolute Gasteiger partial charge is 0.394 e. The summed E-state index contributed by atoms with van der Waals surface area (Å²) in [6.07, 6.45) is 60.7. The van der Waals surface area contributed by atoms with Crippen LogP contribution < -0.4 is 5.32 Å². The van der Waals surface area contributed by atoms with Crippen molar-refractivity contribution in [3.63, 3.8) is 0 Å². The quantitative estimate of drug-likeness (QED) is 0.0309. The Kier molecular flexibility index (Phi) is 48.3. The fraction of sp³-hybridized carbons (Fsp3) is 0.873. The van der Waals surface area contributed by atoms with Crippen molar-refractivity contribution in [2.24, 2.45) is 0 Å². The predicted octanol–water partition coefficient (Wildman–Crippen LogP) is 15.2. The topological polar surface area (TPSA) is 110 Å². The molecule has 4 unspecified atom stereocenters. The van der Waals surface area contributed by atoms with E-state index < -0.39 is 36.9 Å². The van der Waals surface area contributed by atoms with Gasteiger partial charge in [-0.2, -0.15) is 0 Å².